The number of aromatic nitrogens is 3. The highest BCUT2D eigenvalue weighted by Gasteiger charge is 2.26. The summed E-state index contributed by atoms with van der Waals surface area (Å²) in [5, 5.41) is 6.10. The number of fused-ring (bicyclic) bond motifs is 2. The number of aryl methyl sites for hydroxylation is 1. The fourth-order valence-corrected chi connectivity index (χ4v) is 4.60. The first-order chi connectivity index (χ1) is 13.7. The predicted molar refractivity (Wildman–Crippen MR) is 110 cm³/mol. The van der Waals surface area contributed by atoms with Crippen molar-refractivity contribution in [2.24, 2.45) is 0 Å². The molecule has 3 heterocycles. The van der Waals surface area contributed by atoms with Gasteiger partial charge in [0.2, 0.25) is 0 Å². The van der Waals surface area contributed by atoms with E-state index in [1.807, 2.05) is 9.95 Å². The largest absolute Gasteiger partial charge is 0.298 e. The van der Waals surface area contributed by atoms with E-state index in [0.717, 1.165) is 43.7 Å². The van der Waals surface area contributed by atoms with Gasteiger partial charge in [0, 0.05) is 29.8 Å². The Bertz CT molecular complexity index is 1110. The van der Waals surface area contributed by atoms with Crippen molar-refractivity contribution in [1.29, 1.82) is 0 Å². The van der Waals surface area contributed by atoms with Crippen molar-refractivity contribution in [3.63, 3.8) is 0 Å². The summed E-state index contributed by atoms with van der Waals surface area (Å²) in [6, 6.07) is 5.15. The molecule has 144 valence electrons. The summed E-state index contributed by atoms with van der Waals surface area (Å²) >= 11 is 1.46. The van der Waals surface area contributed by atoms with Crippen molar-refractivity contribution in [2.45, 2.75) is 57.4 Å². The third-order valence-corrected chi connectivity index (χ3v) is 6.34. The van der Waals surface area contributed by atoms with Crippen LogP contribution in [0, 0.1) is 0 Å². The van der Waals surface area contributed by atoms with Crippen LogP contribution < -0.4 is 10.9 Å². The maximum atomic E-state index is 12.9. The van der Waals surface area contributed by atoms with Crippen LogP contribution in [0.2, 0.25) is 0 Å². The van der Waals surface area contributed by atoms with Crippen LogP contribution >= 0.6 is 11.3 Å². The quantitative estimate of drug-likeness (QED) is 0.726. The van der Waals surface area contributed by atoms with Crippen molar-refractivity contribution in [1.82, 2.24) is 14.5 Å². The van der Waals surface area contributed by atoms with Crippen LogP contribution in [-0.2, 0) is 13.0 Å². The first-order valence-electron chi connectivity index (χ1n) is 9.99. The van der Waals surface area contributed by atoms with Crippen molar-refractivity contribution in [3.05, 3.63) is 51.0 Å². The molecule has 2 aliphatic rings. The van der Waals surface area contributed by atoms with Gasteiger partial charge in [-0.3, -0.25) is 19.5 Å². The topological polar surface area (TPSA) is 76.9 Å². The molecule has 28 heavy (non-hydrogen) atoms. The highest BCUT2D eigenvalue weighted by Crippen LogP contribution is 2.40. The van der Waals surface area contributed by atoms with Gasteiger partial charge in [0.05, 0.1) is 16.6 Å². The molecule has 0 saturated heterocycles. The molecule has 7 heteroatoms. The van der Waals surface area contributed by atoms with Gasteiger partial charge in [-0.2, -0.15) is 0 Å². The minimum atomic E-state index is -0.216. The molecule has 1 N–H and O–H groups in total. The Morgan fingerprint density at radius 1 is 1.14 bits per heavy atom. The van der Waals surface area contributed by atoms with Crippen LogP contribution in [0.25, 0.3) is 10.9 Å². The number of nitrogens with one attached hydrogen (secondary N) is 1. The molecule has 1 aromatic carbocycles. The van der Waals surface area contributed by atoms with E-state index in [0.29, 0.717) is 27.5 Å². The molecule has 6 nitrogen and oxygen atoms in total. The minimum absolute atomic E-state index is 0.00265. The lowest BCUT2D eigenvalue weighted by Crippen LogP contribution is -2.26. The summed E-state index contributed by atoms with van der Waals surface area (Å²) in [7, 11) is 0. The number of hydrogen-bond donors (Lipinski definition) is 1. The summed E-state index contributed by atoms with van der Waals surface area (Å²) in [6.45, 7) is 0.729. The zero-order valence-corrected chi connectivity index (χ0v) is 16.4. The number of carbonyl (C=O) groups excluding carboxylic acids is 1. The van der Waals surface area contributed by atoms with Gasteiger partial charge in [-0.25, -0.2) is 9.97 Å². The van der Waals surface area contributed by atoms with E-state index < -0.39 is 0 Å². The van der Waals surface area contributed by atoms with Gasteiger partial charge >= 0.3 is 0 Å². The molecule has 1 fully saturated rings. The van der Waals surface area contributed by atoms with Crippen molar-refractivity contribution < 1.29 is 4.79 Å². The van der Waals surface area contributed by atoms with E-state index in [1.54, 1.807) is 18.2 Å². The third kappa shape index (κ3) is 3.35. The number of rotatable bonds is 3. The molecule has 1 saturated carbocycles. The van der Waals surface area contributed by atoms with E-state index in [2.05, 4.69) is 10.3 Å². The van der Waals surface area contributed by atoms with E-state index >= 15 is 0 Å². The monoisotopic (exact) mass is 394 g/mol. The molecule has 1 aliphatic carbocycles. The number of hydrogen-bond acceptors (Lipinski definition) is 5. The molecule has 0 radical (unpaired) electrons. The Kier molecular flexibility index (Phi) is 4.47. The Hall–Kier alpha value is -2.54. The number of carbonyl (C=O) groups is 1. The molecule has 2 aromatic heterocycles. The SMILES string of the molecule is O=C(Nc1nc(C2CC2)cs1)c1ccc2c(=O)n3c(nc2c1)CCCCCC3. The van der Waals surface area contributed by atoms with E-state index in [-0.39, 0.29) is 11.5 Å². The Labute approximate surface area is 166 Å². The van der Waals surface area contributed by atoms with Gasteiger partial charge < -0.3 is 0 Å². The summed E-state index contributed by atoms with van der Waals surface area (Å²) in [5.74, 6) is 1.19. The molecule has 1 aliphatic heterocycles. The maximum absolute atomic E-state index is 12.9. The second kappa shape index (κ2) is 7.13. The summed E-state index contributed by atoms with van der Waals surface area (Å²) in [6.07, 6.45) is 7.57. The summed E-state index contributed by atoms with van der Waals surface area (Å²) in [5.41, 5.74) is 2.18. The molecule has 0 bridgehead atoms. The average Bonchev–Trinajstić information content (AvgIpc) is 3.42. The van der Waals surface area contributed by atoms with Crippen molar-refractivity contribution in [2.75, 3.05) is 5.32 Å². The van der Waals surface area contributed by atoms with Crippen LogP contribution in [0.15, 0.2) is 28.4 Å². The smallest absolute Gasteiger partial charge is 0.261 e. The summed E-state index contributed by atoms with van der Waals surface area (Å²) < 4.78 is 1.82. The number of nitrogens with zero attached hydrogens (tertiary/aromatic N) is 3. The lowest BCUT2D eigenvalue weighted by Gasteiger charge is -2.16. The second-order valence-electron chi connectivity index (χ2n) is 7.69. The highest BCUT2D eigenvalue weighted by atomic mass is 32.1. The van der Waals surface area contributed by atoms with Gasteiger partial charge in [-0.1, -0.05) is 12.8 Å². The van der Waals surface area contributed by atoms with Gasteiger partial charge in [-0.05, 0) is 43.9 Å². The third-order valence-electron chi connectivity index (χ3n) is 5.57. The zero-order valence-electron chi connectivity index (χ0n) is 15.6. The molecule has 1 amide bonds. The normalized spacial score (nSPS) is 17.0. The van der Waals surface area contributed by atoms with Crippen LogP contribution in [0.1, 0.15) is 66.3 Å². The van der Waals surface area contributed by atoms with Crippen LogP contribution in [0.5, 0.6) is 0 Å². The predicted octanol–water partition coefficient (Wildman–Crippen LogP) is 4.10. The second-order valence-corrected chi connectivity index (χ2v) is 8.54. The molecule has 3 aromatic rings. The highest BCUT2D eigenvalue weighted by molar-refractivity contribution is 7.14. The van der Waals surface area contributed by atoms with Crippen molar-refractivity contribution >= 4 is 33.3 Å². The Morgan fingerprint density at radius 3 is 2.86 bits per heavy atom. The molecule has 0 spiro atoms. The molecular formula is C21H22N4O2S. The lowest BCUT2D eigenvalue weighted by molar-refractivity contribution is 0.102. The molecule has 0 atom stereocenters. The first-order valence-corrected chi connectivity index (χ1v) is 10.9. The molecule has 0 unspecified atom stereocenters. The Morgan fingerprint density at radius 2 is 2.00 bits per heavy atom. The fraction of sp³-hybridized carbons (Fsp3) is 0.429. The Balaban J connectivity index is 1.45. The summed E-state index contributed by atoms with van der Waals surface area (Å²) in [4.78, 5) is 34.8. The maximum Gasteiger partial charge on any atom is 0.261 e. The number of thiazole rings is 1. The molecule has 5 rings (SSSR count). The van der Waals surface area contributed by atoms with E-state index in [9.17, 15) is 9.59 Å². The van der Waals surface area contributed by atoms with E-state index in [4.69, 9.17) is 4.98 Å². The van der Waals surface area contributed by atoms with Gasteiger partial charge in [-0.15, -0.1) is 11.3 Å². The standard InChI is InChI=1S/C21H22N4O2S/c26-19(24-21-23-17(12-28-21)13-6-7-13)14-8-9-15-16(11-14)22-18-5-3-1-2-4-10-25(18)20(15)27/h8-9,11-13H,1-7,10H2,(H,23,24,26). The number of amides is 1. The average molecular weight is 395 g/mol. The lowest BCUT2D eigenvalue weighted by atomic mass is 10.1. The van der Waals surface area contributed by atoms with Gasteiger partial charge in [0.25, 0.3) is 11.5 Å². The number of anilines is 1. The zero-order chi connectivity index (χ0) is 19.1. The number of benzene rings is 1. The van der Waals surface area contributed by atoms with Gasteiger partial charge in [0.1, 0.15) is 5.82 Å². The van der Waals surface area contributed by atoms with Crippen LogP contribution in [0.4, 0.5) is 5.13 Å². The van der Waals surface area contributed by atoms with Gasteiger partial charge in [0.15, 0.2) is 5.13 Å². The molecular weight excluding hydrogens is 372 g/mol. The fourth-order valence-electron chi connectivity index (χ4n) is 3.82. The first kappa shape index (κ1) is 17.6. The van der Waals surface area contributed by atoms with E-state index in [1.165, 1.54) is 30.6 Å². The minimum Gasteiger partial charge on any atom is -0.298 e. The van der Waals surface area contributed by atoms with Crippen LogP contribution in [0.3, 0.4) is 0 Å². The van der Waals surface area contributed by atoms with Crippen LogP contribution in [-0.4, -0.2) is 20.4 Å². The van der Waals surface area contributed by atoms with Crippen molar-refractivity contribution in [3.8, 4) is 0 Å².